The highest BCUT2D eigenvalue weighted by Gasteiger charge is 2.13. The van der Waals surface area contributed by atoms with Crippen molar-refractivity contribution in [2.24, 2.45) is 0 Å². The van der Waals surface area contributed by atoms with Crippen LogP contribution in [0.25, 0.3) is 0 Å². The lowest BCUT2D eigenvalue weighted by Gasteiger charge is -2.06. The number of ether oxygens (including phenoxy) is 1. The Balaban J connectivity index is 2.61. The van der Waals surface area contributed by atoms with Gasteiger partial charge in [0.15, 0.2) is 10.9 Å². The van der Waals surface area contributed by atoms with E-state index in [0.29, 0.717) is 18.3 Å². The van der Waals surface area contributed by atoms with E-state index in [2.05, 4.69) is 15.3 Å². The summed E-state index contributed by atoms with van der Waals surface area (Å²) in [5, 5.41) is 3.50. The van der Waals surface area contributed by atoms with Crippen molar-refractivity contribution in [2.45, 2.75) is 11.6 Å². The van der Waals surface area contributed by atoms with Gasteiger partial charge in [-0.05, 0) is 12.7 Å². The number of carbonyl (C=O) groups excluding carboxylic acids is 1. The van der Waals surface area contributed by atoms with E-state index in [-0.39, 0.29) is 16.6 Å². The van der Waals surface area contributed by atoms with Crippen LogP contribution in [0.15, 0.2) is 11.4 Å². The zero-order chi connectivity index (χ0) is 12.7. The van der Waals surface area contributed by atoms with E-state index in [4.69, 9.17) is 16.3 Å². The summed E-state index contributed by atoms with van der Waals surface area (Å²) < 4.78 is 4.88. The Morgan fingerprint density at radius 1 is 1.65 bits per heavy atom. The van der Waals surface area contributed by atoms with Gasteiger partial charge in [0, 0.05) is 20.3 Å². The first-order valence-electron chi connectivity index (χ1n) is 5.02. The number of thioether (sulfide) groups is 1. The Kier molecular flexibility index (Phi) is 6.25. The summed E-state index contributed by atoms with van der Waals surface area (Å²) in [6.45, 7) is 1.13. The Labute approximate surface area is 109 Å². The van der Waals surface area contributed by atoms with Crippen molar-refractivity contribution in [1.82, 2.24) is 15.3 Å². The van der Waals surface area contributed by atoms with E-state index in [1.54, 1.807) is 7.11 Å². The molecule has 1 aromatic heterocycles. The number of halogens is 1. The molecular formula is C10H14ClN3O2S. The van der Waals surface area contributed by atoms with E-state index in [9.17, 15) is 4.79 Å². The first-order valence-corrected chi connectivity index (χ1v) is 6.63. The van der Waals surface area contributed by atoms with Crippen LogP contribution < -0.4 is 5.32 Å². The third-order valence-electron chi connectivity index (χ3n) is 1.93. The molecule has 0 aliphatic carbocycles. The third kappa shape index (κ3) is 4.49. The molecule has 1 N–H and O–H groups in total. The van der Waals surface area contributed by atoms with E-state index in [1.165, 1.54) is 18.0 Å². The summed E-state index contributed by atoms with van der Waals surface area (Å²) in [6, 6.07) is 0. The minimum absolute atomic E-state index is 0.212. The minimum atomic E-state index is -0.288. The van der Waals surface area contributed by atoms with Crippen molar-refractivity contribution in [2.75, 3.05) is 26.5 Å². The second-order valence-electron chi connectivity index (χ2n) is 3.16. The van der Waals surface area contributed by atoms with Crippen LogP contribution >= 0.6 is 23.4 Å². The summed E-state index contributed by atoms with van der Waals surface area (Å²) in [5.41, 5.74) is 0.212. The Morgan fingerprint density at radius 2 is 2.41 bits per heavy atom. The van der Waals surface area contributed by atoms with E-state index >= 15 is 0 Å². The zero-order valence-electron chi connectivity index (χ0n) is 9.70. The largest absolute Gasteiger partial charge is 0.385 e. The number of nitrogens with one attached hydrogen (secondary N) is 1. The summed E-state index contributed by atoms with van der Waals surface area (Å²) in [6.07, 6.45) is 4.02. The molecular weight excluding hydrogens is 262 g/mol. The van der Waals surface area contributed by atoms with E-state index < -0.39 is 0 Å². The first kappa shape index (κ1) is 14.2. The molecule has 17 heavy (non-hydrogen) atoms. The maximum atomic E-state index is 11.8. The van der Waals surface area contributed by atoms with Gasteiger partial charge in [-0.25, -0.2) is 9.97 Å². The standard InChI is InChI=1S/C10H14ClN3O2S/c1-16-5-3-4-12-9(15)8-7(11)6-13-10(14-8)17-2/h6H,3-5H2,1-2H3,(H,12,15). The van der Waals surface area contributed by atoms with Crippen molar-refractivity contribution in [3.63, 3.8) is 0 Å². The van der Waals surface area contributed by atoms with Crippen LogP contribution in [-0.2, 0) is 4.74 Å². The highest BCUT2D eigenvalue weighted by Crippen LogP contribution is 2.16. The Hall–Kier alpha value is -0.850. The quantitative estimate of drug-likeness (QED) is 0.486. The molecule has 0 bridgehead atoms. The number of amides is 1. The van der Waals surface area contributed by atoms with Gasteiger partial charge in [-0.2, -0.15) is 0 Å². The number of nitrogens with zero attached hydrogens (tertiary/aromatic N) is 2. The molecule has 0 spiro atoms. The van der Waals surface area contributed by atoms with Gasteiger partial charge in [-0.15, -0.1) is 0 Å². The van der Waals surface area contributed by atoms with Gasteiger partial charge in [0.2, 0.25) is 0 Å². The molecule has 0 radical (unpaired) electrons. The summed E-state index contributed by atoms with van der Waals surface area (Å²) in [4.78, 5) is 19.8. The Morgan fingerprint density at radius 3 is 3.06 bits per heavy atom. The topological polar surface area (TPSA) is 64.1 Å². The van der Waals surface area contributed by atoms with Crippen molar-refractivity contribution >= 4 is 29.3 Å². The van der Waals surface area contributed by atoms with E-state index in [1.807, 2.05) is 6.26 Å². The number of methoxy groups -OCH3 is 1. The molecule has 7 heteroatoms. The number of carbonyl (C=O) groups is 1. The molecule has 5 nitrogen and oxygen atoms in total. The lowest BCUT2D eigenvalue weighted by atomic mass is 10.3. The summed E-state index contributed by atoms with van der Waals surface area (Å²) in [5.74, 6) is -0.288. The summed E-state index contributed by atoms with van der Waals surface area (Å²) in [7, 11) is 1.62. The predicted octanol–water partition coefficient (Wildman–Crippen LogP) is 1.62. The fourth-order valence-electron chi connectivity index (χ4n) is 1.11. The van der Waals surface area contributed by atoms with Crippen molar-refractivity contribution in [1.29, 1.82) is 0 Å². The average Bonchev–Trinajstić information content (AvgIpc) is 2.35. The SMILES string of the molecule is COCCCNC(=O)c1nc(SC)ncc1Cl. The van der Waals surface area contributed by atoms with Gasteiger partial charge in [0.05, 0.1) is 11.2 Å². The molecule has 1 heterocycles. The molecule has 0 saturated carbocycles. The average molecular weight is 276 g/mol. The molecule has 0 aliphatic rings. The molecule has 0 aliphatic heterocycles. The highest BCUT2D eigenvalue weighted by atomic mass is 35.5. The van der Waals surface area contributed by atoms with Gasteiger partial charge in [-0.1, -0.05) is 23.4 Å². The third-order valence-corrected chi connectivity index (χ3v) is 2.77. The molecule has 0 unspecified atom stereocenters. The van der Waals surface area contributed by atoms with Crippen LogP contribution in [0.1, 0.15) is 16.9 Å². The van der Waals surface area contributed by atoms with Gasteiger partial charge in [0.25, 0.3) is 5.91 Å². The van der Waals surface area contributed by atoms with Crippen molar-refractivity contribution in [3.8, 4) is 0 Å². The normalized spacial score (nSPS) is 10.3. The Bertz CT molecular complexity index is 390. The lowest BCUT2D eigenvalue weighted by molar-refractivity contribution is 0.0943. The fraction of sp³-hybridized carbons (Fsp3) is 0.500. The van der Waals surface area contributed by atoms with Crippen LogP contribution in [0.3, 0.4) is 0 Å². The van der Waals surface area contributed by atoms with Crippen LogP contribution in [0.4, 0.5) is 0 Å². The fourth-order valence-corrected chi connectivity index (χ4v) is 1.63. The first-order chi connectivity index (χ1) is 8.19. The van der Waals surface area contributed by atoms with Crippen molar-refractivity contribution in [3.05, 3.63) is 16.9 Å². The lowest BCUT2D eigenvalue weighted by Crippen LogP contribution is -2.26. The van der Waals surface area contributed by atoms with Gasteiger partial charge >= 0.3 is 0 Å². The molecule has 0 aromatic carbocycles. The second kappa shape index (κ2) is 7.47. The molecule has 0 atom stereocenters. The maximum absolute atomic E-state index is 11.8. The summed E-state index contributed by atoms with van der Waals surface area (Å²) >= 11 is 7.23. The van der Waals surface area contributed by atoms with Gasteiger partial charge in [0.1, 0.15) is 0 Å². The second-order valence-corrected chi connectivity index (χ2v) is 4.34. The highest BCUT2D eigenvalue weighted by molar-refractivity contribution is 7.98. The monoisotopic (exact) mass is 275 g/mol. The van der Waals surface area contributed by atoms with Crippen LogP contribution in [-0.4, -0.2) is 42.4 Å². The smallest absolute Gasteiger partial charge is 0.271 e. The molecule has 0 fully saturated rings. The van der Waals surface area contributed by atoms with Crippen LogP contribution in [0, 0.1) is 0 Å². The number of aromatic nitrogens is 2. The van der Waals surface area contributed by atoms with Crippen LogP contribution in [0.5, 0.6) is 0 Å². The van der Waals surface area contributed by atoms with Gasteiger partial charge < -0.3 is 10.1 Å². The number of hydrogen-bond donors (Lipinski definition) is 1. The molecule has 1 amide bonds. The predicted molar refractivity (Wildman–Crippen MR) is 67.6 cm³/mol. The van der Waals surface area contributed by atoms with Gasteiger partial charge in [-0.3, -0.25) is 4.79 Å². The molecule has 0 saturated heterocycles. The number of hydrogen-bond acceptors (Lipinski definition) is 5. The maximum Gasteiger partial charge on any atom is 0.271 e. The molecule has 1 aromatic rings. The minimum Gasteiger partial charge on any atom is -0.385 e. The van der Waals surface area contributed by atoms with Crippen molar-refractivity contribution < 1.29 is 9.53 Å². The molecule has 94 valence electrons. The number of rotatable bonds is 6. The molecule has 1 rings (SSSR count). The zero-order valence-corrected chi connectivity index (χ0v) is 11.3. The van der Waals surface area contributed by atoms with Crippen LogP contribution in [0.2, 0.25) is 5.02 Å². The van der Waals surface area contributed by atoms with E-state index in [0.717, 1.165) is 6.42 Å².